The molecule has 0 aromatic rings. The van der Waals surface area contributed by atoms with E-state index in [9.17, 15) is 13.2 Å². The number of hydrogen-bond acceptors (Lipinski definition) is 2. The zero-order chi connectivity index (χ0) is 9.90. The molecule has 1 heterocycles. The van der Waals surface area contributed by atoms with Crippen LogP contribution in [-0.2, 0) is 4.74 Å². The maximum atomic E-state index is 12.1. The van der Waals surface area contributed by atoms with E-state index in [0.717, 1.165) is 6.08 Å². The zero-order valence-electron chi connectivity index (χ0n) is 7.06. The van der Waals surface area contributed by atoms with Crippen molar-refractivity contribution in [3.8, 4) is 0 Å². The molecule has 74 valence electrons. The molecule has 0 aromatic heterocycles. The smallest absolute Gasteiger partial charge is 0.448 e. The topological polar surface area (TPSA) is 21.3 Å². The molecule has 2 nitrogen and oxygen atoms in total. The third kappa shape index (κ3) is 2.77. The van der Waals surface area contributed by atoms with Crippen molar-refractivity contribution in [1.29, 1.82) is 0 Å². The van der Waals surface area contributed by atoms with Gasteiger partial charge in [-0.15, -0.1) is 0 Å². The van der Waals surface area contributed by atoms with E-state index < -0.39 is 18.0 Å². The number of ether oxygens (including phenoxy) is 1. The van der Waals surface area contributed by atoms with Gasteiger partial charge < -0.3 is 10.1 Å². The molecule has 0 amide bonds. The molecule has 0 saturated carbocycles. The number of allylic oxidation sites excluding steroid dienone is 3. The van der Waals surface area contributed by atoms with E-state index in [-0.39, 0.29) is 0 Å². The van der Waals surface area contributed by atoms with Crippen LogP contribution in [0.3, 0.4) is 0 Å². The Balaban J connectivity index is 2.61. The van der Waals surface area contributed by atoms with E-state index in [4.69, 9.17) is 0 Å². The van der Waals surface area contributed by atoms with Crippen molar-refractivity contribution < 1.29 is 17.9 Å². The van der Waals surface area contributed by atoms with E-state index in [1.54, 1.807) is 13.1 Å². The minimum Gasteiger partial charge on any atom is -0.480 e. The highest BCUT2D eigenvalue weighted by Gasteiger charge is 2.37. The average Bonchev–Trinajstić information content (AvgIpc) is 2.04. The Morgan fingerprint density at radius 3 is 2.77 bits per heavy atom. The van der Waals surface area contributed by atoms with Crippen molar-refractivity contribution in [1.82, 2.24) is 5.32 Å². The maximum absolute atomic E-state index is 12.1. The molecule has 0 bridgehead atoms. The van der Waals surface area contributed by atoms with Crippen LogP contribution in [-0.4, -0.2) is 25.9 Å². The number of likely N-dealkylation sites (N-methyl/N-ethyl adjacent to an activating group) is 1. The van der Waals surface area contributed by atoms with Crippen LogP contribution in [0.4, 0.5) is 13.2 Å². The van der Waals surface area contributed by atoms with Crippen molar-refractivity contribution in [3.05, 3.63) is 24.0 Å². The van der Waals surface area contributed by atoms with Gasteiger partial charge in [0.2, 0.25) is 5.76 Å². The zero-order valence-corrected chi connectivity index (χ0v) is 7.06. The molecule has 0 spiro atoms. The molecule has 0 aromatic carbocycles. The number of rotatable bonds is 2. The van der Waals surface area contributed by atoms with Gasteiger partial charge in [0.15, 0.2) is 0 Å². The first-order valence-electron chi connectivity index (χ1n) is 3.81. The van der Waals surface area contributed by atoms with Gasteiger partial charge in [0.25, 0.3) is 0 Å². The van der Waals surface area contributed by atoms with Gasteiger partial charge >= 0.3 is 6.18 Å². The molecule has 5 heteroatoms. The number of alkyl halides is 3. The van der Waals surface area contributed by atoms with E-state index in [1.165, 1.54) is 6.08 Å². The predicted octanol–water partition coefficient (Wildman–Crippen LogP) is 1.61. The van der Waals surface area contributed by atoms with E-state index >= 15 is 0 Å². The van der Waals surface area contributed by atoms with Gasteiger partial charge in [-0.05, 0) is 19.2 Å². The van der Waals surface area contributed by atoms with Crippen LogP contribution in [0.25, 0.3) is 0 Å². The Bertz CT molecular complexity index is 232. The molecule has 1 atom stereocenters. The lowest BCUT2D eigenvalue weighted by atomic mass is 10.2. The fourth-order valence-electron chi connectivity index (χ4n) is 0.981. The quantitative estimate of drug-likeness (QED) is 0.719. The fourth-order valence-corrected chi connectivity index (χ4v) is 0.981. The van der Waals surface area contributed by atoms with Gasteiger partial charge in [0.1, 0.15) is 6.10 Å². The molecule has 0 aliphatic carbocycles. The van der Waals surface area contributed by atoms with Gasteiger partial charge in [-0.3, -0.25) is 0 Å². The summed E-state index contributed by atoms with van der Waals surface area (Å²) in [4.78, 5) is 0. The Kier molecular flexibility index (Phi) is 2.98. The highest BCUT2D eigenvalue weighted by atomic mass is 19.4. The highest BCUT2D eigenvalue weighted by Crippen LogP contribution is 2.29. The second-order valence-corrected chi connectivity index (χ2v) is 2.63. The average molecular weight is 193 g/mol. The summed E-state index contributed by atoms with van der Waals surface area (Å²) in [6.45, 7) is 0.365. The molecular formula is C8H10F3NO. The molecular weight excluding hydrogens is 183 g/mol. The Morgan fingerprint density at radius 2 is 2.23 bits per heavy atom. The molecule has 1 rings (SSSR count). The summed E-state index contributed by atoms with van der Waals surface area (Å²) in [5.74, 6) is -0.935. The van der Waals surface area contributed by atoms with Crippen LogP contribution in [0.15, 0.2) is 24.0 Å². The maximum Gasteiger partial charge on any atom is 0.448 e. The van der Waals surface area contributed by atoms with Gasteiger partial charge in [0.05, 0.1) is 0 Å². The van der Waals surface area contributed by atoms with E-state index in [1.807, 2.05) is 0 Å². The molecule has 1 unspecified atom stereocenters. The van der Waals surface area contributed by atoms with Gasteiger partial charge in [-0.1, -0.05) is 6.08 Å². The van der Waals surface area contributed by atoms with Gasteiger partial charge in [-0.2, -0.15) is 13.2 Å². The number of hydrogen-bond donors (Lipinski definition) is 1. The minimum atomic E-state index is -4.39. The standard InChI is InChI=1S/C8H10F3NO/c1-12-5-6-3-2-4-7(13-6)8(9,10)11/h2-4,6,12H,5H2,1H3. The normalized spacial score (nSPS) is 22.5. The first-order valence-corrected chi connectivity index (χ1v) is 3.81. The van der Waals surface area contributed by atoms with Crippen molar-refractivity contribution in [2.45, 2.75) is 12.3 Å². The monoisotopic (exact) mass is 193 g/mol. The summed E-state index contributed by atoms with van der Waals surface area (Å²) in [5.41, 5.74) is 0. The Labute approximate surface area is 74.1 Å². The molecule has 13 heavy (non-hydrogen) atoms. The van der Waals surface area contributed by atoms with E-state index in [2.05, 4.69) is 10.1 Å². The van der Waals surface area contributed by atoms with Crippen molar-refractivity contribution in [2.75, 3.05) is 13.6 Å². The van der Waals surface area contributed by atoms with Crippen LogP contribution in [0, 0.1) is 0 Å². The molecule has 0 saturated heterocycles. The van der Waals surface area contributed by atoms with Crippen LogP contribution in [0.1, 0.15) is 0 Å². The van der Waals surface area contributed by atoms with Gasteiger partial charge in [-0.25, -0.2) is 0 Å². The summed E-state index contributed by atoms with van der Waals surface area (Å²) < 4.78 is 41.0. The van der Waals surface area contributed by atoms with Crippen molar-refractivity contribution in [3.63, 3.8) is 0 Å². The summed E-state index contributed by atoms with van der Waals surface area (Å²) >= 11 is 0. The van der Waals surface area contributed by atoms with Crippen LogP contribution in [0.2, 0.25) is 0 Å². The lowest BCUT2D eigenvalue weighted by molar-refractivity contribution is -0.136. The largest absolute Gasteiger partial charge is 0.480 e. The molecule has 1 aliphatic heterocycles. The summed E-state index contributed by atoms with van der Waals surface area (Å²) in [5, 5.41) is 2.74. The third-order valence-corrected chi connectivity index (χ3v) is 1.54. The second kappa shape index (κ2) is 3.83. The van der Waals surface area contributed by atoms with Crippen LogP contribution in [0.5, 0.6) is 0 Å². The molecule has 1 aliphatic rings. The summed E-state index contributed by atoms with van der Waals surface area (Å²) in [6.07, 6.45) is -1.07. The van der Waals surface area contributed by atoms with Crippen LogP contribution >= 0.6 is 0 Å². The lowest BCUT2D eigenvalue weighted by Gasteiger charge is -2.21. The number of halogens is 3. The molecule has 1 N–H and O–H groups in total. The highest BCUT2D eigenvalue weighted by molar-refractivity contribution is 5.17. The van der Waals surface area contributed by atoms with Crippen LogP contribution < -0.4 is 5.32 Å². The Morgan fingerprint density at radius 1 is 1.54 bits per heavy atom. The van der Waals surface area contributed by atoms with E-state index in [0.29, 0.717) is 6.54 Å². The number of nitrogens with one attached hydrogen (secondary N) is 1. The SMILES string of the molecule is CNCC1C=CC=C(C(F)(F)F)O1. The third-order valence-electron chi connectivity index (χ3n) is 1.54. The predicted molar refractivity (Wildman–Crippen MR) is 42.1 cm³/mol. The minimum absolute atomic E-state index is 0.365. The summed E-state index contributed by atoms with van der Waals surface area (Å²) in [6, 6.07) is 0. The molecule has 0 fully saturated rings. The second-order valence-electron chi connectivity index (χ2n) is 2.63. The fraction of sp³-hybridized carbons (Fsp3) is 0.500. The molecule has 0 radical (unpaired) electrons. The first-order chi connectivity index (χ1) is 6.04. The summed E-state index contributed by atoms with van der Waals surface area (Å²) in [7, 11) is 1.66. The van der Waals surface area contributed by atoms with Crippen molar-refractivity contribution in [2.24, 2.45) is 0 Å². The first kappa shape index (κ1) is 10.1. The Hall–Kier alpha value is -0.970. The van der Waals surface area contributed by atoms with Gasteiger partial charge in [0, 0.05) is 6.54 Å². The lowest BCUT2D eigenvalue weighted by Crippen LogP contribution is -2.29. The van der Waals surface area contributed by atoms with Crippen molar-refractivity contribution >= 4 is 0 Å².